The number of rotatable bonds is 4. The molecule has 0 bridgehead atoms. The number of aryl methyl sites for hydroxylation is 2. The molecule has 0 aliphatic heterocycles. The standard InChI is InChI=1S/C19H20N2OS/c1-4-20-18-11-14(19-13(3)7-8-23-19)10-16(21-18)15-9-12(2)5-6-17(15)22/h5-11,22H,4H2,1-3H3,(H,20,21). The monoisotopic (exact) mass is 324 g/mol. The minimum atomic E-state index is 0.255. The number of phenolic OH excluding ortho intramolecular Hbond substituents is 1. The van der Waals surface area contributed by atoms with Crippen molar-refractivity contribution < 1.29 is 5.11 Å². The molecule has 1 aromatic carbocycles. The molecule has 3 rings (SSSR count). The Balaban J connectivity index is 2.18. The van der Waals surface area contributed by atoms with Crippen molar-refractivity contribution in [3.8, 4) is 27.4 Å². The summed E-state index contributed by atoms with van der Waals surface area (Å²) in [4.78, 5) is 5.90. The maximum atomic E-state index is 10.2. The van der Waals surface area contributed by atoms with E-state index in [0.29, 0.717) is 0 Å². The zero-order chi connectivity index (χ0) is 16.4. The molecular weight excluding hydrogens is 304 g/mol. The minimum Gasteiger partial charge on any atom is -0.507 e. The highest BCUT2D eigenvalue weighted by Crippen LogP contribution is 2.35. The maximum absolute atomic E-state index is 10.2. The number of nitrogens with zero attached hydrogens (tertiary/aromatic N) is 1. The lowest BCUT2D eigenvalue weighted by atomic mass is 10.0. The van der Waals surface area contributed by atoms with E-state index in [1.165, 1.54) is 10.4 Å². The van der Waals surface area contributed by atoms with Gasteiger partial charge in [-0.05, 0) is 67.6 Å². The van der Waals surface area contributed by atoms with Crippen LogP contribution in [-0.2, 0) is 0 Å². The van der Waals surface area contributed by atoms with Gasteiger partial charge in [-0.15, -0.1) is 11.3 Å². The number of anilines is 1. The third-order valence-electron chi connectivity index (χ3n) is 3.74. The molecule has 2 aromatic heterocycles. The Morgan fingerprint density at radius 1 is 1.13 bits per heavy atom. The number of hydrogen-bond acceptors (Lipinski definition) is 4. The van der Waals surface area contributed by atoms with Crippen LogP contribution in [0, 0.1) is 13.8 Å². The largest absolute Gasteiger partial charge is 0.507 e. The van der Waals surface area contributed by atoms with Crippen LogP contribution in [0.5, 0.6) is 5.75 Å². The summed E-state index contributed by atoms with van der Waals surface area (Å²) in [7, 11) is 0. The number of phenols is 1. The molecule has 2 heterocycles. The second-order valence-corrected chi connectivity index (χ2v) is 6.53. The minimum absolute atomic E-state index is 0.255. The first-order valence-corrected chi connectivity index (χ1v) is 8.57. The van der Waals surface area contributed by atoms with Gasteiger partial charge in [0.25, 0.3) is 0 Å². The van der Waals surface area contributed by atoms with Gasteiger partial charge in [-0.3, -0.25) is 0 Å². The normalized spacial score (nSPS) is 10.7. The van der Waals surface area contributed by atoms with Gasteiger partial charge in [-0.2, -0.15) is 0 Å². The Hall–Kier alpha value is -2.33. The van der Waals surface area contributed by atoms with Gasteiger partial charge in [0.2, 0.25) is 0 Å². The quantitative estimate of drug-likeness (QED) is 0.690. The summed E-state index contributed by atoms with van der Waals surface area (Å²) in [6, 6.07) is 11.8. The summed E-state index contributed by atoms with van der Waals surface area (Å²) in [5, 5.41) is 15.6. The second-order valence-electron chi connectivity index (χ2n) is 5.61. The van der Waals surface area contributed by atoms with E-state index in [1.807, 2.05) is 25.1 Å². The lowest BCUT2D eigenvalue weighted by Crippen LogP contribution is -2.00. The van der Waals surface area contributed by atoms with Gasteiger partial charge in [0, 0.05) is 17.0 Å². The van der Waals surface area contributed by atoms with E-state index in [4.69, 9.17) is 0 Å². The molecule has 23 heavy (non-hydrogen) atoms. The van der Waals surface area contributed by atoms with E-state index in [2.05, 4.69) is 41.7 Å². The van der Waals surface area contributed by atoms with Crippen LogP contribution < -0.4 is 5.32 Å². The van der Waals surface area contributed by atoms with E-state index < -0.39 is 0 Å². The van der Waals surface area contributed by atoms with Crippen LogP contribution in [0.4, 0.5) is 5.82 Å². The van der Waals surface area contributed by atoms with Crippen molar-refractivity contribution in [3.05, 3.63) is 52.9 Å². The Bertz CT molecular complexity index is 839. The summed E-state index contributed by atoms with van der Waals surface area (Å²) >= 11 is 1.72. The van der Waals surface area contributed by atoms with E-state index >= 15 is 0 Å². The van der Waals surface area contributed by atoms with Crippen molar-refractivity contribution in [1.82, 2.24) is 4.98 Å². The van der Waals surface area contributed by atoms with Gasteiger partial charge in [0.15, 0.2) is 0 Å². The van der Waals surface area contributed by atoms with Crippen LogP contribution in [0.15, 0.2) is 41.8 Å². The van der Waals surface area contributed by atoms with E-state index in [9.17, 15) is 5.11 Å². The van der Waals surface area contributed by atoms with Crippen molar-refractivity contribution >= 4 is 17.2 Å². The van der Waals surface area contributed by atoms with Crippen molar-refractivity contribution in [2.75, 3.05) is 11.9 Å². The summed E-state index contributed by atoms with van der Waals surface area (Å²) in [5.41, 5.74) is 5.03. The third-order valence-corrected chi connectivity index (χ3v) is 4.80. The van der Waals surface area contributed by atoms with Crippen LogP contribution in [-0.4, -0.2) is 16.6 Å². The maximum Gasteiger partial charge on any atom is 0.127 e. The first kappa shape index (κ1) is 15.6. The van der Waals surface area contributed by atoms with Gasteiger partial charge in [-0.25, -0.2) is 4.98 Å². The predicted molar refractivity (Wildman–Crippen MR) is 98.3 cm³/mol. The first-order chi connectivity index (χ1) is 11.1. The topological polar surface area (TPSA) is 45.1 Å². The van der Waals surface area contributed by atoms with Crippen LogP contribution in [0.2, 0.25) is 0 Å². The van der Waals surface area contributed by atoms with Gasteiger partial charge >= 0.3 is 0 Å². The fourth-order valence-corrected chi connectivity index (χ4v) is 3.51. The fraction of sp³-hybridized carbons (Fsp3) is 0.211. The molecule has 118 valence electrons. The van der Waals surface area contributed by atoms with Crippen molar-refractivity contribution in [3.63, 3.8) is 0 Å². The van der Waals surface area contributed by atoms with E-state index in [1.54, 1.807) is 17.4 Å². The summed E-state index contributed by atoms with van der Waals surface area (Å²) in [6.07, 6.45) is 0. The molecule has 0 aliphatic rings. The fourth-order valence-electron chi connectivity index (χ4n) is 2.59. The lowest BCUT2D eigenvalue weighted by Gasteiger charge is -2.11. The number of pyridine rings is 1. The molecule has 0 saturated heterocycles. The summed E-state index contributed by atoms with van der Waals surface area (Å²) in [5.74, 6) is 1.08. The van der Waals surface area contributed by atoms with Crippen LogP contribution in [0.3, 0.4) is 0 Å². The molecule has 0 spiro atoms. The molecule has 2 N–H and O–H groups in total. The van der Waals surface area contributed by atoms with Gasteiger partial charge in [-0.1, -0.05) is 11.6 Å². The van der Waals surface area contributed by atoms with Crippen molar-refractivity contribution in [2.45, 2.75) is 20.8 Å². The van der Waals surface area contributed by atoms with Crippen LogP contribution in [0.25, 0.3) is 21.7 Å². The highest BCUT2D eigenvalue weighted by molar-refractivity contribution is 7.13. The number of aromatic hydroxyl groups is 1. The molecule has 3 nitrogen and oxygen atoms in total. The molecule has 0 aliphatic carbocycles. The first-order valence-electron chi connectivity index (χ1n) is 7.69. The Morgan fingerprint density at radius 2 is 1.96 bits per heavy atom. The average molecular weight is 324 g/mol. The highest BCUT2D eigenvalue weighted by atomic mass is 32.1. The third kappa shape index (κ3) is 3.22. The molecule has 3 aromatic rings. The van der Waals surface area contributed by atoms with Crippen LogP contribution >= 0.6 is 11.3 Å². The molecule has 0 amide bonds. The van der Waals surface area contributed by atoms with Gasteiger partial charge in [0.1, 0.15) is 11.6 Å². The number of nitrogens with one attached hydrogen (secondary N) is 1. The van der Waals surface area contributed by atoms with Crippen molar-refractivity contribution in [2.24, 2.45) is 0 Å². The average Bonchev–Trinajstić information content (AvgIpc) is 2.96. The van der Waals surface area contributed by atoms with Gasteiger partial charge in [0.05, 0.1) is 5.69 Å². The number of hydrogen-bond donors (Lipinski definition) is 2. The Morgan fingerprint density at radius 3 is 2.65 bits per heavy atom. The second kappa shape index (κ2) is 6.42. The Labute approximate surface area is 140 Å². The molecule has 0 unspecified atom stereocenters. The molecule has 0 atom stereocenters. The summed E-state index contributed by atoms with van der Waals surface area (Å²) < 4.78 is 0. The smallest absolute Gasteiger partial charge is 0.127 e. The van der Waals surface area contributed by atoms with Gasteiger partial charge < -0.3 is 10.4 Å². The lowest BCUT2D eigenvalue weighted by molar-refractivity contribution is 0.477. The number of aromatic nitrogens is 1. The molecule has 4 heteroatoms. The zero-order valence-corrected chi connectivity index (χ0v) is 14.4. The molecular formula is C19H20N2OS. The van der Waals surface area contributed by atoms with E-state index in [-0.39, 0.29) is 5.75 Å². The predicted octanol–water partition coefficient (Wildman–Crippen LogP) is 5.23. The number of thiophene rings is 1. The molecule has 0 saturated carbocycles. The molecule has 0 fully saturated rings. The van der Waals surface area contributed by atoms with Crippen LogP contribution in [0.1, 0.15) is 18.1 Å². The van der Waals surface area contributed by atoms with E-state index in [0.717, 1.165) is 34.7 Å². The molecule has 0 radical (unpaired) electrons. The van der Waals surface area contributed by atoms with Crippen molar-refractivity contribution in [1.29, 1.82) is 0 Å². The number of benzene rings is 1. The Kier molecular flexibility index (Phi) is 4.35. The highest BCUT2D eigenvalue weighted by Gasteiger charge is 2.12. The summed E-state index contributed by atoms with van der Waals surface area (Å²) in [6.45, 7) is 6.98. The zero-order valence-electron chi connectivity index (χ0n) is 13.6. The SMILES string of the molecule is CCNc1cc(-c2sccc2C)cc(-c2cc(C)ccc2O)n1.